The van der Waals surface area contributed by atoms with Crippen LogP contribution < -0.4 is 10.2 Å². The van der Waals surface area contributed by atoms with Gasteiger partial charge in [-0.25, -0.2) is 0 Å². The van der Waals surface area contributed by atoms with E-state index in [0.717, 1.165) is 12.5 Å². The molecule has 0 aromatic heterocycles. The van der Waals surface area contributed by atoms with Crippen LogP contribution in [0.15, 0.2) is 24.3 Å². The Morgan fingerprint density at radius 1 is 1.27 bits per heavy atom. The molecule has 1 amide bonds. The molecule has 1 saturated heterocycles. The number of nitrogens with one attached hydrogen (secondary N) is 1. The van der Waals surface area contributed by atoms with Gasteiger partial charge < -0.3 is 15.0 Å². The highest BCUT2D eigenvalue weighted by Gasteiger charge is 2.31. The molecule has 0 radical (unpaired) electrons. The van der Waals surface area contributed by atoms with Crippen LogP contribution in [0.5, 0.6) is 0 Å². The first-order chi connectivity index (χ1) is 12.3. The molecule has 0 bridgehead atoms. The van der Waals surface area contributed by atoms with Crippen LogP contribution in [0.2, 0.25) is 0 Å². The number of alkyl halides is 3. The molecule has 1 aromatic carbocycles. The molecule has 8 heteroatoms. The molecule has 5 nitrogen and oxygen atoms in total. The van der Waals surface area contributed by atoms with E-state index in [0.29, 0.717) is 45.0 Å². The van der Waals surface area contributed by atoms with Crippen LogP contribution in [0.1, 0.15) is 18.9 Å². The minimum absolute atomic E-state index is 0.0337. The Morgan fingerprint density at radius 2 is 1.96 bits per heavy atom. The van der Waals surface area contributed by atoms with Crippen molar-refractivity contribution in [1.82, 2.24) is 10.2 Å². The zero-order valence-corrected chi connectivity index (χ0v) is 15.2. The van der Waals surface area contributed by atoms with Gasteiger partial charge in [0.2, 0.25) is 5.91 Å². The summed E-state index contributed by atoms with van der Waals surface area (Å²) in [6.45, 7) is 5.45. The molecule has 0 aliphatic carbocycles. The third kappa shape index (κ3) is 5.60. The largest absolute Gasteiger partial charge is 0.416 e. The number of ether oxygens (including phenoxy) is 1. The van der Waals surface area contributed by atoms with Gasteiger partial charge in [0.25, 0.3) is 0 Å². The van der Waals surface area contributed by atoms with Gasteiger partial charge in [0, 0.05) is 52.1 Å². The molecule has 1 aliphatic heterocycles. The Labute approximate surface area is 152 Å². The zero-order chi connectivity index (χ0) is 19.2. The summed E-state index contributed by atoms with van der Waals surface area (Å²) in [4.78, 5) is 16.2. The second-order valence-corrected chi connectivity index (χ2v) is 6.38. The molecule has 26 heavy (non-hydrogen) atoms. The molecule has 146 valence electrons. The highest BCUT2D eigenvalue weighted by Crippen LogP contribution is 2.31. The molecule has 0 spiro atoms. The minimum Gasteiger partial charge on any atom is -0.385 e. The smallest absolute Gasteiger partial charge is 0.385 e. The summed E-state index contributed by atoms with van der Waals surface area (Å²) >= 11 is 0. The standard InChI is InChI=1S/C18H26F3N3O2/c1-14(17(25)22-7-4-12-26-2)23-8-10-24(11-9-23)16-6-3-5-15(13-16)18(19,20)21/h3,5-6,13-14H,4,7-12H2,1-2H3,(H,22,25). The van der Waals surface area contributed by atoms with Crippen LogP contribution in [0.3, 0.4) is 0 Å². The summed E-state index contributed by atoms with van der Waals surface area (Å²) in [7, 11) is 1.62. The maximum absolute atomic E-state index is 12.9. The molecule has 0 saturated carbocycles. The van der Waals surface area contributed by atoms with E-state index in [-0.39, 0.29) is 11.9 Å². The van der Waals surface area contributed by atoms with Gasteiger partial charge in [-0.2, -0.15) is 13.2 Å². The third-order valence-electron chi connectivity index (χ3n) is 4.60. The quantitative estimate of drug-likeness (QED) is 0.746. The number of hydrogen-bond donors (Lipinski definition) is 1. The molecule has 1 heterocycles. The van der Waals surface area contributed by atoms with Gasteiger partial charge in [0.1, 0.15) is 0 Å². The third-order valence-corrected chi connectivity index (χ3v) is 4.60. The highest BCUT2D eigenvalue weighted by atomic mass is 19.4. The van der Waals surface area contributed by atoms with E-state index in [2.05, 4.69) is 10.2 Å². The van der Waals surface area contributed by atoms with Crippen molar-refractivity contribution in [3.63, 3.8) is 0 Å². The summed E-state index contributed by atoms with van der Waals surface area (Å²) < 4.78 is 43.5. The molecule has 1 atom stereocenters. The molecule has 2 rings (SSSR count). The lowest BCUT2D eigenvalue weighted by Crippen LogP contribution is -2.54. The monoisotopic (exact) mass is 373 g/mol. The topological polar surface area (TPSA) is 44.8 Å². The molecule has 1 fully saturated rings. The Balaban J connectivity index is 1.86. The van der Waals surface area contributed by atoms with E-state index in [1.807, 2.05) is 11.8 Å². The van der Waals surface area contributed by atoms with Crippen LogP contribution in [0.4, 0.5) is 18.9 Å². The first-order valence-electron chi connectivity index (χ1n) is 8.76. The average molecular weight is 373 g/mol. The van der Waals surface area contributed by atoms with Crippen molar-refractivity contribution >= 4 is 11.6 Å². The number of anilines is 1. The van der Waals surface area contributed by atoms with Crippen molar-refractivity contribution < 1.29 is 22.7 Å². The highest BCUT2D eigenvalue weighted by molar-refractivity contribution is 5.81. The molecule has 1 aromatic rings. The normalized spacial score (nSPS) is 17.2. The molecule has 1 N–H and O–H groups in total. The lowest BCUT2D eigenvalue weighted by molar-refractivity contribution is -0.137. The summed E-state index contributed by atoms with van der Waals surface area (Å²) in [6.07, 6.45) is -3.58. The zero-order valence-electron chi connectivity index (χ0n) is 15.2. The van der Waals surface area contributed by atoms with Gasteiger partial charge in [0.05, 0.1) is 11.6 Å². The molecule has 1 unspecified atom stereocenters. The van der Waals surface area contributed by atoms with E-state index in [1.165, 1.54) is 12.1 Å². The van der Waals surface area contributed by atoms with Crippen molar-refractivity contribution in [2.45, 2.75) is 25.6 Å². The van der Waals surface area contributed by atoms with Crippen LogP contribution in [-0.4, -0.2) is 63.3 Å². The summed E-state index contributed by atoms with van der Waals surface area (Å²) in [5, 5.41) is 2.88. The lowest BCUT2D eigenvalue weighted by atomic mass is 10.1. The van der Waals surface area contributed by atoms with Gasteiger partial charge in [-0.3, -0.25) is 9.69 Å². The van der Waals surface area contributed by atoms with Gasteiger partial charge in [0.15, 0.2) is 0 Å². The van der Waals surface area contributed by atoms with Crippen molar-refractivity contribution in [1.29, 1.82) is 0 Å². The number of methoxy groups -OCH3 is 1. The van der Waals surface area contributed by atoms with Gasteiger partial charge in [-0.05, 0) is 31.5 Å². The summed E-state index contributed by atoms with van der Waals surface area (Å²) in [6, 6.07) is 5.12. The first kappa shape index (κ1) is 20.5. The van der Waals surface area contributed by atoms with Crippen molar-refractivity contribution in [2.24, 2.45) is 0 Å². The maximum Gasteiger partial charge on any atom is 0.416 e. The van der Waals surface area contributed by atoms with E-state index in [4.69, 9.17) is 4.74 Å². The van der Waals surface area contributed by atoms with Gasteiger partial charge >= 0.3 is 6.18 Å². The lowest BCUT2D eigenvalue weighted by Gasteiger charge is -2.38. The van der Waals surface area contributed by atoms with Crippen molar-refractivity contribution in [3.05, 3.63) is 29.8 Å². The Kier molecular flexibility index (Phi) is 7.28. The number of carbonyl (C=O) groups is 1. The fourth-order valence-electron chi connectivity index (χ4n) is 2.99. The summed E-state index contributed by atoms with van der Waals surface area (Å²) in [5.41, 5.74) is -0.0719. The number of carbonyl (C=O) groups excluding carboxylic acids is 1. The van der Waals surface area contributed by atoms with Gasteiger partial charge in [-0.1, -0.05) is 6.07 Å². The van der Waals surface area contributed by atoms with Crippen LogP contribution >= 0.6 is 0 Å². The van der Waals surface area contributed by atoms with Crippen LogP contribution in [0.25, 0.3) is 0 Å². The number of piperazine rings is 1. The minimum atomic E-state index is -4.34. The maximum atomic E-state index is 12.9. The number of rotatable bonds is 7. The molecule has 1 aliphatic rings. The second kappa shape index (κ2) is 9.23. The average Bonchev–Trinajstić information content (AvgIpc) is 2.64. The predicted molar refractivity (Wildman–Crippen MR) is 94.2 cm³/mol. The fraction of sp³-hybridized carbons (Fsp3) is 0.611. The molecular formula is C18H26F3N3O2. The van der Waals surface area contributed by atoms with Crippen LogP contribution in [-0.2, 0) is 15.7 Å². The molecular weight excluding hydrogens is 347 g/mol. The number of benzene rings is 1. The van der Waals surface area contributed by atoms with E-state index < -0.39 is 11.7 Å². The summed E-state index contributed by atoms with van der Waals surface area (Å²) in [5.74, 6) is -0.0337. The first-order valence-corrected chi connectivity index (χ1v) is 8.76. The number of hydrogen-bond acceptors (Lipinski definition) is 4. The fourth-order valence-corrected chi connectivity index (χ4v) is 2.99. The Hall–Kier alpha value is -1.80. The van der Waals surface area contributed by atoms with Crippen LogP contribution in [0, 0.1) is 0 Å². The van der Waals surface area contributed by atoms with E-state index in [1.54, 1.807) is 13.2 Å². The van der Waals surface area contributed by atoms with Crippen molar-refractivity contribution in [3.8, 4) is 0 Å². The number of nitrogens with zero attached hydrogens (tertiary/aromatic N) is 2. The van der Waals surface area contributed by atoms with E-state index >= 15 is 0 Å². The van der Waals surface area contributed by atoms with E-state index in [9.17, 15) is 18.0 Å². The van der Waals surface area contributed by atoms with Crippen molar-refractivity contribution in [2.75, 3.05) is 51.3 Å². The number of amides is 1. The number of halogens is 3. The second-order valence-electron chi connectivity index (χ2n) is 6.38. The Morgan fingerprint density at radius 3 is 2.58 bits per heavy atom. The SMILES string of the molecule is COCCCNC(=O)C(C)N1CCN(c2cccc(C(F)(F)F)c2)CC1. The predicted octanol–water partition coefficient (Wildman–Crippen LogP) is 2.37. The van der Waals surface area contributed by atoms with Gasteiger partial charge in [-0.15, -0.1) is 0 Å². The Bertz CT molecular complexity index is 587.